The van der Waals surface area contributed by atoms with Crippen LogP contribution < -0.4 is 29.2 Å². The second kappa shape index (κ2) is 15.8. The normalized spacial score (nSPS) is 13.8. The van der Waals surface area contributed by atoms with E-state index in [0.717, 1.165) is 30.0 Å². The van der Waals surface area contributed by atoms with Gasteiger partial charge in [-0.25, -0.2) is 9.78 Å². The lowest BCUT2D eigenvalue weighted by atomic mass is 10.1. The molecule has 10 heteroatoms. The molecule has 1 saturated heterocycles. The summed E-state index contributed by atoms with van der Waals surface area (Å²) in [5.74, 6) is 2.22. The predicted molar refractivity (Wildman–Crippen MR) is 175 cm³/mol. The van der Waals surface area contributed by atoms with E-state index >= 15 is 0 Å². The number of carbonyl (C=O) groups excluding carboxylic acids is 1. The third-order valence-electron chi connectivity index (χ3n) is 7.76. The van der Waals surface area contributed by atoms with Crippen molar-refractivity contribution in [1.82, 2.24) is 14.9 Å². The van der Waals surface area contributed by atoms with Gasteiger partial charge in [0.25, 0.3) is 0 Å². The summed E-state index contributed by atoms with van der Waals surface area (Å²) in [6.07, 6.45) is 5.82. The fraction of sp³-hybridized carbons (Fsp3) is 0.343. The average molecular weight is 612 g/mol. The van der Waals surface area contributed by atoms with Gasteiger partial charge in [-0.1, -0.05) is 42.8 Å². The second-order valence-corrected chi connectivity index (χ2v) is 10.8. The Hall–Kier alpha value is -4.83. The topological polar surface area (TPSA) is 98.3 Å². The quantitative estimate of drug-likeness (QED) is 0.157. The van der Waals surface area contributed by atoms with E-state index in [9.17, 15) is 4.79 Å². The van der Waals surface area contributed by atoms with Crippen molar-refractivity contribution in [2.75, 3.05) is 50.7 Å². The van der Waals surface area contributed by atoms with E-state index in [1.807, 2.05) is 61.5 Å². The lowest BCUT2D eigenvalue weighted by molar-refractivity contribution is 0.203. The molecule has 0 spiro atoms. The van der Waals surface area contributed by atoms with Crippen molar-refractivity contribution < 1.29 is 23.7 Å². The minimum absolute atomic E-state index is 0.0976. The summed E-state index contributed by atoms with van der Waals surface area (Å²) in [7, 11) is 3.13. The van der Waals surface area contributed by atoms with Crippen LogP contribution in [0.3, 0.4) is 0 Å². The number of hydrogen-bond donors (Lipinski definition) is 1. The van der Waals surface area contributed by atoms with Gasteiger partial charge in [0.15, 0.2) is 0 Å². The second-order valence-electron chi connectivity index (χ2n) is 10.8. The zero-order valence-corrected chi connectivity index (χ0v) is 26.1. The number of nitrogens with zero attached hydrogens (tertiary/aromatic N) is 4. The molecule has 0 saturated carbocycles. The number of ether oxygens (including phenoxy) is 4. The third kappa shape index (κ3) is 8.63. The smallest absolute Gasteiger partial charge is 0.421 e. The molecule has 10 nitrogen and oxygen atoms in total. The number of likely N-dealkylation sites (tertiary alicyclic amines) is 1. The molecule has 0 aliphatic carbocycles. The molecule has 1 aliphatic heterocycles. The van der Waals surface area contributed by atoms with Gasteiger partial charge in [0.2, 0.25) is 11.8 Å². The number of anilines is 3. The summed E-state index contributed by atoms with van der Waals surface area (Å²) in [4.78, 5) is 26.6. The summed E-state index contributed by atoms with van der Waals surface area (Å²) in [5.41, 5.74) is 2.21. The van der Waals surface area contributed by atoms with Crippen LogP contribution in [0.5, 0.6) is 23.1 Å². The first-order valence-electron chi connectivity index (χ1n) is 15.4. The molecule has 1 atom stereocenters. The summed E-state index contributed by atoms with van der Waals surface area (Å²) < 4.78 is 22.8. The van der Waals surface area contributed by atoms with Crippen LogP contribution in [0.1, 0.15) is 44.2 Å². The molecule has 5 rings (SSSR count). The Morgan fingerprint density at radius 3 is 2.53 bits per heavy atom. The van der Waals surface area contributed by atoms with E-state index in [1.54, 1.807) is 38.5 Å². The van der Waals surface area contributed by atoms with Crippen molar-refractivity contribution in [3.63, 3.8) is 0 Å². The van der Waals surface area contributed by atoms with Gasteiger partial charge >= 0.3 is 6.09 Å². The number of nitrogens with one attached hydrogen (secondary N) is 1. The Morgan fingerprint density at radius 1 is 0.933 bits per heavy atom. The van der Waals surface area contributed by atoms with Crippen molar-refractivity contribution >= 4 is 23.4 Å². The Kier molecular flexibility index (Phi) is 11.1. The molecular weight excluding hydrogens is 570 g/mol. The molecule has 0 radical (unpaired) electrons. The monoisotopic (exact) mass is 611 g/mol. The number of benzene rings is 3. The van der Waals surface area contributed by atoms with Crippen LogP contribution in [-0.4, -0.2) is 61.4 Å². The van der Waals surface area contributed by atoms with Gasteiger partial charge < -0.3 is 29.2 Å². The summed E-state index contributed by atoms with van der Waals surface area (Å²) in [6, 6.07) is 23.8. The molecule has 1 amide bonds. The summed E-state index contributed by atoms with van der Waals surface area (Å²) in [6.45, 7) is 6.01. The van der Waals surface area contributed by atoms with Crippen molar-refractivity contribution in [1.29, 1.82) is 0 Å². The Bertz CT molecular complexity index is 1530. The SMILES string of the molecule is COc1ccc(N(C(=O)Oc2ccnc(Nc3cccc(OCCCN4CCCCC4)c3)n2)[C@@H](C)c2ccccc2)c(OC)c1. The van der Waals surface area contributed by atoms with Crippen LogP contribution in [0.4, 0.5) is 22.1 Å². The van der Waals surface area contributed by atoms with E-state index in [-0.39, 0.29) is 17.9 Å². The van der Waals surface area contributed by atoms with Gasteiger partial charge in [-0.2, -0.15) is 4.98 Å². The Morgan fingerprint density at radius 2 is 1.76 bits per heavy atom. The van der Waals surface area contributed by atoms with Crippen LogP contribution in [0, 0.1) is 0 Å². The van der Waals surface area contributed by atoms with Crippen LogP contribution >= 0.6 is 0 Å². The molecule has 45 heavy (non-hydrogen) atoms. The standard InChI is InChI=1S/C35H41N5O5/c1-26(27-12-6-4-7-13-27)40(31-17-16-29(42-2)25-32(31)43-3)35(41)45-33-18-19-36-34(38-33)37-28-14-10-15-30(24-28)44-23-11-22-39-20-8-5-9-21-39/h4,6-7,10,12-19,24-26H,5,8-9,11,20-23H2,1-3H3,(H,36,37,38)/t26-/m0/s1. The summed E-state index contributed by atoms with van der Waals surface area (Å²) >= 11 is 0. The highest BCUT2D eigenvalue weighted by molar-refractivity contribution is 5.92. The van der Waals surface area contributed by atoms with E-state index in [1.165, 1.54) is 43.4 Å². The predicted octanol–water partition coefficient (Wildman–Crippen LogP) is 7.26. The molecule has 1 fully saturated rings. The number of amides is 1. The van der Waals surface area contributed by atoms with Crippen molar-refractivity contribution in [3.05, 3.63) is 90.6 Å². The van der Waals surface area contributed by atoms with Gasteiger partial charge in [-0.3, -0.25) is 4.90 Å². The number of carbonyl (C=O) groups is 1. The number of methoxy groups -OCH3 is 2. The molecule has 1 aromatic heterocycles. The van der Waals surface area contributed by atoms with E-state index in [2.05, 4.69) is 20.2 Å². The van der Waals surface area contributed by atoms with E-state index in [0.29, 0.717) is 23.8 Å². The number of aromatic nitrogens is 2. The minimum Gasteiger partial charge on any atom is -0.497 e. The first-order valence-corrected chi connectivity index (χ1v) is 15.4. The van der Waals surface area contributed by atoms with Crippen molar-refractivity contribution in [3.8, 4) is 23.1 Å². The van der Waals surface area contributed by atoms with Gasteiger partial charge in [0.1, 0.15) is 17.2 Å². The maximum absolute atomic E-state index is 13.8. The lowest BCUT2D eigenvalue weighted by Crippen LogP contribution is -2.36. The number of piperidine rings is 1. The zero-order chi connectivity index (χ0) is 31.4. The van der Waals surface area contributed by atoms with Gasteiger partial charge in [-0.15, -0.1) is 0 Å². The van der Waals surface area contributed by atoms with E-state index < -0.39 is 6.09 Å². The van der Waals surface area contributed by atoms with Crippen LogP contribution in [0.25, 0.3) is 0 Å². The zero-order valence-electron chi connectivity index (χ0n) is 26.1. The lowest BCUT2D eigenvalue weighted by Gasteiger charge is -2.30. The van der Waals surface area contributed by atoms with Crippen molar-refractivity contribution in [2.24, 2.45) is 0 Å². The molecule has 236 valence electrons. The van der Waals surface area contributed by atoms with Crippen LogP contribution in [0.15, 0.2) is 85.1 Å². The average Bonchev–Trinajstić information content (AvgIpc) is 3.08. The maximum Gasteiger partial charge on any atom is 0.421 e. The Labute approximate surface area is 264 Å². The maximum atomic E-state index is 13.8. The molecule has 2 heterocycles. The number of rotatable bonds is 13. The summed E-state index contributed by atoms with van der Waals surface area (Å²) in [5, 5.41) is 3.19. The molecule has 3 aromatic carbocycles. The first kappa shape index (κ1) is 31.6. The minimum atomic E-state index is -0.626. The molecule has 4 aromatic rings. The van der Waals surface area contributed by atoms with Gasteiger partial charge in [0.05, 0.1) is 32.6 Å². The number of hydrogen-bond acceptors (Lipinski definition) is 9. The fourth-order valence-electron chi connectivity index (χ4n) is 5.38. The van der Waals surface area contributed by atoms with Gasteiger partial charge in [-0.05, 0) is 69.1 Å². The third-order valence-corrected chi connectivity index (χ3v) is 7.76. The molecule has 0 unspecified atom stereocenters. The van der Waals surface area contributed by atoms with Crippen LogP contribution in [-0.2, 0) is 0 Å². The molecule has 1 aliphatic rings. The highest BCUT2D eigenvalue weighted by Gasteiger charge is 2.29. The Balaban J connectivity index is 1.27. The first-order chi connectivity index (χ1) is 22.0. The highest BCUT2D eigenvalue weighted by atomic mass is 16.6. The fourth-order valence-corrected chi connectivity index (χ4v) is 5.38. The molecular formula is C35H41N5O5. The largest absolute Gasteiger partial charge is 0.497 e. The highest BCUT2D eigenvalue weighted by Crippen LogP contribution is 2.37. The van der Waals surface area contributed by atoms with Crippen LogP contribution in [0.2, 0.25) is 0 Å². The molecule has 1 N–H and O–H groups in total. The van der Waals surface area contributed by atoms with E-state index in [4.69, 9.17) is 18.9 Å². The van der Waals surface area contributed by atoms with Crippen molar-refractivity contribution in [2.45, 2.75) is 38.6 Å². The molecule has 0 bridgehead atoms. The van der Waals surface area contributed by atoms with Gasteiger partial charge in [0, 0.05) is 36.6 Å².